The predicted molar refractivity (Wildman–Crippen MR) is 125 cm³/mol. The lowest BCUT2D eigenvalue weighted by molar-refractivity contribution is -0.386. The Hall–Kier alpha value is -4.20. The van der Waals surface area contributed by atoms with E-state index < -0.39 is 40.6 Å². The lowest BCUT2D eigenvalue weighted by atomic mass is 10.1. The molecule has 1 aromatic heterocycles. The molecule has 3 amide bonds. The fourth-order valence-corrected chi connectivity index (χ4v) is 3.69. The van der Waals surface area contributed by atoms with E-state index in [4.69, 9.17) is 13.9 Å². The second kappa shape index (κ2) is 11.0. The third-order valence-electron chi connectivity index (χ3n) is 4.79. The molecule has 2 aromatic rings. The average Bonchev–Trinajstić information content (AvgIpc) is 3.40. The van der Waals surface area contributed by atoms with E-state index in [1.807, 2.05) is 0 Å². The number of benzene rings is 1. The summed E-state index contributed by atoms with van der Waals surface area (Å²) in [6, 6.07) is 4.57. The number of rotatable bonds is 9. The summed E-state index contributed by atoms with van der Waals surface area (Å²) < 4.78 is 20.3. The van der Waals surface area contributed by atoms with Gasteiger partial charge in [-0.2, -0.15) is 0 Å². The molecule has 0 bridgehead atoms. The maximum absolute atomic E-state index is 12.8. The van der Waals surface area contributed by atoms with Gasteiger partial charge in [-0.1, -0.05) is 0 Å². The van der Waals surface area contributed by atoms with Gasteiger partial charge in [-0.25, -0.2) is 14.4 Å². The first-order valence-electron chi connectivity index (χ1n) is 10.4. The van der Waals surface area contributed by atoms with Gasteiger partial charge < -0.3 is 23.9 Å². The van der Waals surface area contributed by atoms with E-state index in [1.165, 1.54) is 38.3 Å². The van der Waals surface area contributed by atoms with Crippen molar-refractivity contribution in [3.05, 3.63) is 61.6 Å². The van der Waals surface area contributed by atoms with Crippen LogP contribution in [0, 0.1) is 10.1 Å². The lowest BCUT2D eigenvalue weighted by Gasteiger charge is -2.15. The zero-order chi connectivity index (χ0) is 26.6. The van der Waals surface area contributed by atoms with Gasteiger partial charge in [0, 0.05) is 6.07 Å². The highest BCUT2D eigenvalue weighted by atomic mass is 79.9. The van der Waals surface area contributed by atoms with Crippen molar-refractivity contribution in [2.45, 2.75) is 26.5 Å². The van der Waals surface area contributed by atoms with Crippen LogP contribution in [-0.2, 0) is 25.6 Å². The number of urea groups is 1. The Labute approximate surface area is 212 Å². The topological polar surface area (TPSA) is 168 Å². The van der Waals surface area contributed by atoms with Crippen LogP contribution in [0.2, 0.25) is 0 Å². The van der Waals surface area contributed by atoms with Crippen molar-refractivity contribution in [3.63, 3.8) is 0 Å². The highest BCUT2D eigenvalue weighted by Gasteiger charge is 2.35. The number of amides is 3. The van der Waals surface area contributed by atoms with Gasteiger partial charge in [-0.3, -0.25) is 19.8 Å². The molecule has 1 aromatic carbocycles. The van der Waals surface area contributed by atoms with Crippen LogP contribution in [0.5, 0.6) is 5.75 Å². The second-order valence-electron chi connectivity index (χ2n) is 7.26. The molecule has 1 aliphatic rings. The molecule has 0 unspecified atom stereocenters. The first-order valence-corrected chi connectivity index (χ1v) is 11.2. The summed E-state index contributed by atoms with van der Waals surface area (Å²) in [6.45, 7) is 2.86. The Kier molecular flexibility index (Phi) is 8.09. The largest absolute Gasteiger partial charge is 0.471 e. The number of carbonyl (C=O) groups excluding carboxylic acids is 4. The molecule has 2 heterocycles. The SMILES string of the molecule is CCOC(=O)[C@@H](C)Oc1c(Br)cc(/C=C2\NC(=O)N(Cc3ccc(C(=O)OC)o3)C2=O)cc1[N+](=O)[O-]. The van der Waals surface area contributed by atoms with Gasteiger partial charge in [0.15, 0.2) is 6.10 Å². The normalized spacial score (nSPS) is 15.0. The minimum Gasteiger partial charge on any atom is -0.471 e. The van der Waals surface area contributed by atoms with Gasteiger partial charge in [0.25, 0.3) is 5.91 Å². The highest BCUT2D eigenvalue weighted by molar-refractivity contribution is 9.10. The molecule has 1 saturated heterocycles. The van der Waals surface area contributed by atoms with Crippen LogP contribution in [0.3, 0.4) is 0 Å². The zero-order valence-electron chi connectivity index (χ0n) is 19.2. The van der Waals surface area contributed by atoms with Crippen molar-refractivity contribution < 1.29 is 42.7 Å². The molecule has 0 saturated carbocycles. The lowest BCUT2D eigenvalue weighted by Crippen LogP contribution is -2.30. The molecule has 0 aliphatic carbocycles. The van der Waals surface area contributed by atoms with Crippen LogP contribution in [0.25, 0.3) is 6.08 Å². The average molecular weight is 566 g/mol. The van der Waals surface area contributed by atoms with Crippen molar-refractivity contribution in [3.8, 4) is 5.75 Å². The number of nitrogens with one attached hydrogen (secondary N) is 1. The van der Waals surface area contributed by atoms with Crippen molar-refractivity contribution in [2.75, 3.05) is 13.7 Å². The monoisotopic (exact) mass is 565 g/mol. The number of nitrogens with zero attached hydrogens (tertiary/aromatic N) is 2. The van der Waals surface area contributed by atoms with Crippen LogP contribution in [0.15, 0.2) is 38.9 Å². The number of ether oxygens (including phenoxy) is 3. The molecule has 1 aliphatic heterocycles. The molecule has 0 spiro atoms. The molecule has 36 heavy (non-hydrogen) atoms. The standard InChI is InChI=1S/C22H20BrN3O10/c1-4-34-20(28)11(2)35-18-14(23)7-12(9-16(18)26(31)32)8-15-19(27)25(22(30)24-15)10-13-5-6-17(36-13)21(29)33-3/h5-9,11H,4,10H2,1-3H3,(H,24,30)/b15-8-/t11-/m1/s1. The minimum absolute atomic E-state index is 0.0907. The minimum atomic E-state index is -1.12. The van der Waals surface area contributed by atoms with Crippen LogP contribution < -0.4 is 10.1 Å². The van der Waals surface area contributed by atoms with E-state index in [-0.39, 0.29) is 46.2 Å². The Morgan fingerprint density at radius 1 is 1.31 bits per heavy atom. The van der Waals surface area contributed by atoms with E-state index in [2.05, 4.69) is 26.0 Å². The number of hydrogen-bond donors (Lipinski definition) is 1. The number of hydrogen-bond acceptors (Lipinski definition) is 10. The molecular formula is C22H20BrN3O10. The van der Waals surface area contributed by atoms with E-state index in [1.54, 1.807) is 6.92 Å². The van der Waals surface area contributed by atoms with Gasteiger partial charge in [-0.05, 0) is 59.6 Å². The quantitative estimate of drug-likeness (QED) is 0.157. The third-order valence-corrected chi connectivity index (χ3v) is 5.38. The predicted octanol–water partition coefficient (Wildman–Crippen LogP) is 3.16. The summed E-state index contributed by atoms with van der Waals surface area (Å²) in [5.41, 5.74) is -0.428. The molecule has 14 heteroatoms. The molecule has 1 atom stereocenters. The number of carbonyl (C=O) groups is 4. The maximum atomic E-state index is 12.8. The molecule has 1 N–H and O–H groups in total. The van der Waals surface area contributed by atoms with Crippen LogP contribution in [0.1, 0.15) is 35.7 Å². The Morgan fingerprint density at radius 3 is 2.67 bits per heavy atom. The van der Waals surface area contributed by atoms with Crippen molar-refractivity contribution in [1.29, 1.82) is 0 Å². The second-order valence-corrected chi connectivity index (χ2v) is 8.11. The zero-order valence-corrected chi connectivity index (χ0v) is 20.8. The Balaban J connectivity index is 1.84. The van der Waals surface area contributed by atoms with Gasteiger partial charge in [-0.15, -0.1) is 0 Å². The number of nitro groups is 1. The van der Waals surface area contributed by atoms with Crippen LogP contribution in [0.4, 0.5) is 10.5 Å². The van der Waals surface area contributed by atoms with Gasteiger partial charge >= 0.3 is 23.7 Å². The third kappa shape index (κ3) is 5.71. The first kappa shape index (κ1) is 26.4. The summed E-state index contributed by atoms with van der Waals surface area (Å²) >= 11 is 3.19. The number of methoxy groups -OCH3 is 1. The molecule has 13 nitrogen and oxygen atoms in total. The van der Waals surface area contributed by atoms with E-state index in [0.717, 1.165) is 11.0 Å². The number of esters is 2. The maximum Gasteiger partial charge on any atom is 0.373 e. The summed E-state index contributed by atoms with van der Waals surface area (Å²) in [4.78, 5) is 60.3. The molecular weight excluding hydrogens is 546 g/mol. The van der Waals surface area contributed by atoms with E-state index in [0.29, 0.717) is 0 Å². The molecule has 190 valence electrons. The fraction of sp³-hybridized carbons (Fsp3) is 0.273. The molecule has 0 radical (unpaired) electrons. The fourth-order valence-electron chi connectivity index (χ4n) is 3.13. The summed E-state index contributed by atoms with van der Waals surface area (Å²) in [7, 11) is 1.18. The number of nitro benzene ring substituents is 1. The Morgan fingerprint density at radius 2 is 2.03 bits per heavy atom. The molecule has 3 rings (SSSR count). The van der Waals surface area contributed by atoms with E-state index in [9.17, 15) is 29.3 Å². The van der Waals surface area contributed by atoms with E-state index >= 15 is 0 Å². The smallest absolute Gasteiger partial charge is 0.373 e. The van der Waals surface area contributed by atoms with Gasteiger partial charge in [0.2, 0.25) is 11.5 Å². The highest BCUT2D eigenvalue weighted by Crippen LogP contribution is 2.38. The van der Waals surface area contributed by atoms with Crippen molar-refractivity contribution in [2.24, 2.45) is 0 Å². The van der Waals surface area contributed by atoms with Crippen molar-refractivity contribution >= 4 is 51.6 Å². The summed E-state index contributed by atoms with van der Waals surface area (Å²) in [5, 5.41) is 14.1. The first-order chi connectivity index (χ1) is 17.0. The van der Waals surface area contributed by atoms with Gasteiger partial charge in [0.05, 0.1) is 29.7 Å². The van der Waals surface area contributed by atoms with Crippen LogP contribution in [-0.4, -0.2) is 53.5 Å². The number of imide groups is 1. The van der Waals surface area contributed by atoms with Crippen molar-refractivity contribution in [1.82, 2.24) is 10.2 Å². The van der Waals surface area contributed by atoms with Crippen LogP contribution >= 0.6 is 15.9 Å². The summed E-state index contributed by atoms with van der Waals surface area (Å²) in [6.07, 6.45) is 0.133. The van der Waals surface area contributed by atoms with Gasteiger partial charge in [0.1, 0.15) is 11.5 Å². The Bertz CT molecular complexity index is 1270. The summed E-state index contributed by atoms with van der Waals surface area (Å²) in [5.74, 6) is -2.26. The number of furan rings is 1. The molecule has 1 fully saturated rings. The number of halogens is 1.